The molecule has 0 amide bonds. The van der Waals surface area contributed by atoms with E-state index in [0.29, 0.717) is 32.6 Å². The number of para-hydroxylation sites is 1. The lowest BCUT2D eigenvalue weighted by Crippen LogP contribution is -2.21. The minimum atomic E-state index is -0.495. The fraction of sp³-hybridized carbons (Fsp3) is 0.0435. The molecule has 3 N–H and O–H groups in total. The van der Waals surface area contributed by atoms with E-state index in [4.69, 9.17) is 33.7 Å². The minimum absolute atomic E-state index is 0.00754. The first-order chi connectivity index (χ1) is 14.5. The molecule has 3 aromatic carbocycles. The Balaban J connectivity index is 1.84. The zero-order chi connectivity index (χ0) is 21.3. The molecule has 0 radical (unpaired) electrons. The Morgan fingerprint density at radius 2 is 1.90 bits per heavy atom. The molecular weight excluding hydrogens is 421 g/mol. The number of nitrogens with zero attached hydrogens (tertiary/aromatic N) is 2. The van der Waals surface area contributed by atoms with E-state index in [0.717, 1.165) is 5.56 Å². The van der Waals surface area contributed by atoms with Crippen molar-refractivity contribution in [2.75, 3.05) is 0 Å². The third-order valence-electron chi connectivity index (χ3n) is 4.74. The highest BCUT2D eigenvalue weighted by molar-refractivity contribution is 6.33. The van der Waals surface area contributed by atoms with Crippen molar-refractivity contribution in [2.24, 2.45) is 10.7 Å². The second-order valence-electron chi connectivity index (χ2n) is 6.64. The maximum atomic E-state index is 10.5. The van der Waals surface area contributed by atoms with Gasteiger partial charge in [0.2, 0.25) is 5.88 Å². The topological polar surface area (TPSA) is 91.6 Å². The average Bonchev–Trinajstić information content (AvgIpc) is 2.72. The predicted octanol–water partition coefficient (Wildman–Crippen LogP) is 5.67. The molecular formula is C23H15Cl2N3O2. The average molecular weight is 436 g/mol. The van der Waals surface area contributed by atoms with Crippen LogP contribution in [-0.4, -0.2) is 11.3 Å². The Kier molecular flexibility index (Phi) is 5.37. The molecule has 1 atom stereocenters. The van der Waals surface area contributed by atoms with Crippen LogP contribution in [0.3, 0.4) is 0 Å². The normalized spacial score (nSPS) is 15.6. The fourth-order valence-corrected chi connectivity index (χ4v) is 3.72. The number of hydrogen-bond donors (Lipinski definition) is 2. The maximum absolute atomic E-state index is 10.5. The maximum Gasteiger partial charge on any atom is 0.205 e. The Morgan fingerprint density at radius 3 is 2.63 bits per heavy atom. The van der Waals surface area contributed by atoms with Crippen molar-refractivity contribution in [1.29, 1.82) is 5.26 Å². The number of ether oxygens (including phenoxy) is 1. The summed E-state index contributed by atoms with van der Waals surface area (Å²) >= 11 is 12.3. The van der Waals surface area contributed by atoms with E-state index in [2.05, 4.69) is 11.1 Å². The van der Waals surface area contributed by atoms with Gasteiger partial charge in [0.15, 0.2) is 0 Å². The molecule has 1 aliphatic heterocycles. The number of nitrogens with two attached hydrogens (primary N) is 1. The quantitative estimate of drug-likeness (QED) is 0.518. The summed E-state index contributed by atoms with van der Waals surface area (Å²) in [4.78, 5) is 4.37. The molecule has 4 rings (SSSR count). The molecule has 0 bridgehead atoms. The first-order valence-electron chi connectivity index (χ1n) is 8.96. The van der Waals surface area contributed by atoms with E-state index in [-0.39, 0.29) is 17.2 Å². The van der Waals surface area contributed by atoms with E-state index in [9.17, 15) is 10.4 Å². The predicted molar refractivity (Wildman–Crippen MR) is 118 cm³/mol. The molecule has 7 heteroatoms. The molecule has 0 aromatic heterocycles. The van der Waals surface area contributed by atoms with Gasteiger partial charge in [0.05, 0.1) is 16.6 Å². The van der Waals surface area contributed by atoms with Crippen molar-refractivity contribution in [2.45, 2.75) is 5.92 Å². The Labute approximate surface area is 183 Å². The summed E-state index contributed by atoms with van der Waals surface area (Å²) in [6.07, 6.45) is 1.51. The lowest BCUT2D eigenvalue weighted by atomic mass is 9.83. The van der Waals surface area contributed by atoms with Crippen LogP contribution in [0.25, 0.3) is 0 Å². The molecule has 5 nitrogen and oxygen atoms in total. The summed E-state index contributed by atoms with van der Waals surface area (Å²) in [7, 11) is 0. The van der Waals surface area contributed by atoms with E-state index >= 15 is 0 Å². The van der Waals surface area contributed by atoms with Gasteiger partial charge in [-0.2, -0.15) is 5.26 Å². The molecule has 0 saturated carbocycles. The summed E-state index contributed by atoms with van der Waals surface area (Å²) in [5.41, 5.74) is 8.72. The number of phenolic OH excluding ortho intramolecular Hbond substituents is 1. The first-order valence-corrected chi connectivity index (χ1v) is 9.72. The molecule has 0 unspecified atom stereocenters. The van der Waals surface area contributed by atoms with Crippen molar-refractivity contribution < 1.29 is 9.84 Å². The highest BCUT2D eigenvalue weighted by atomic mass is 35.5. The summed E-state index contributed by atoms with van der Waals surface area (Å²) in [5.74, 6) is -0.177. The van der Waals surface area contributed by atoms with E-state index in [1.54, 1.807) is 36.4 Å². The van der Waals surface area contributed by atoms with E-state index in [1.807, 2.05) is 18.2 Å². The minimum Gasteiger partial charge on any atom is -0.507 e. The smallest absolute Gasteiger partial charge is 0.205 e. The SMILES string of the molecule is N#CC1=C(N)Oc2cc(O)c(C=Nc3ccccc3Cl)cc2[C@@H]1c1cccc(Cl)c1. The Hall–Kier alpha value is -3.46. The third kappa shape index (κ3) is 3.71. The lowest BCUT2D eigenvalue weighted by Gasteiger charge is -2.27. The van der Waals surface area contributed by atoms with Crippen LogP contribution in [0, 0.1) is 11.3 Å². The second-order valence-corrected chi connectivity index (χ2v) is 7.48. The summed E-state index contributed by atoms with van der Waals surface area (Å²) < 4.78 is 5.61. The number of phenols is 1. The number of aliphatic imine (C=N–C) groups is 1. The van der Waals surface area contributed by atoms with E-state index in [1.165, 1.54) is 12.3 Å². The number of halogens is 2. The van der Waals surface area contributed by atoms with Crippen molar-refractivity contribution >= 4 is 35.1 Å². The third-order valence-corrected chi connectivity index (χ3v) is 5.30. The van der Waals surface area contributed by atoms with Gasteiger partial charge in [0, 0.05) is 28.4 Å². The molecule has 1 aliphatic rings. The fourth-order valence-electron chi connectivity index (χ4n) is 3.34. The second kappa shape index (κ2) is 8.11. The summed E-state index contributed by atoms with van der Waals surface area (Å²) in [5, 5.41) is 21.2. The monoisotopic (exact) mass is 435 g/mol. The summed E-state index contributed by atoms with van der Waals surface area (Å²) in [6, 6.07) is 19.6. The number of aromatic hydroxyl groups is 1. The van der Waals surface area contributed by atoms with Gasteiger partial charge < -0.3 is 15.6 Å². The zero-order valence-electron chi connectivity index (χ0n) is 15.5. The van der Waals surface area contributed by atoms with Crippen LogP contribution in [0.4, 0.5) is 5.69 Å². The van der Waals surface area contributed by atoms with Crippen molar-refractivity contribution in [3.63, 3.8) is 0 Å². The largest absolute Gasteiger partial charge is 0.507 e. The molecule has 0 saturated heterocycles. The molecule has 148 valence electrons. The van der Waals surface area contributed by atoms with Crippen LogP contribution < -0.4 is 10.5 Å². The standard InChI is InChI=1S/C23H15Cl2N3O2/c24-15-5-3-4-13(8-15)22-16-9-14(12-28-19-7-2-1-6-18(19)25)20(29)10-21(16)30-23(27)17(22)11-26/h1-10,12,22,29H,27H2/t22-/m0/s1. The number of allylic oxidation sites excluding steroid dienone is 1. The molecule has 3 aromatic rings. The van der Waals surface area contributed by atoms with Gasteiger partial charge in [-0.3, -0.25) is 4.99 Å². The first kappa shape index (κ1) is 19.8. The van der Waals surface area contributed by atoms with Crippen LogP contribution >= 0.6 is 23.2 Å². The number of fused-ring (bicyclic) bond motifs is 1. The van der Waals surface area contributed by atoms with Gasteiger partial charge in [-0.15, -0.1) is 0 Å². The van der Waals surface area contributed by atoms with Crippen LogP contribution in [0.5, 0.6) is 11.5 Å². The van der Waals surface area contributed by atoms with Gasteiger partial charge in [-0.25, -0.2) is 0 Å². The van der Waals surface area contributed by atoms with Gasteiger partial charge >= 0.3 is 0 Å². The summed E-state index contributed by atoms with van der Waals surface area (Å²) in [6.45, 7) is 0. The van der Waals surface area contributed by atoms with Crippen molar-refractivity contribution in [3.05, 3.63) is 98.9 Å². The molecule has 0 aliphatic carbocycles. The Morgan fingerprint density at radius 1 is 1.10 bits per heavy atom. The highest BCUT2D eigenvalue weighted by Gasteiger charge is 2.31. The molecule has 0 spiro atoms. The van der Waals surface area contributed by atoms with E-state index < -0.39 is 5.92 Å². The number of benzene rings is 3. The lowest BCUT2D eigenvalue weighted by molar-refractivity contribution is 0.388. The van der Waals surface area contributed by atoms with Crippen LogP contribution in [-0.2, 0) is 0 Å². The molecule has 30 heavy (non-hydrogen) atoms. The molecule has 1 heterocycles. The Bertz CT molecular complexity index is 1250. The van der Waals surface area contributed by atoms with Crippen molar-refractivity contribution in [3.8, 4) is 17.6 Å². The van der Waals surface area contributed by atoms with Gasteiger partial charge in [-0.1, -0.05) is 47.5 Å². The van der Waals surface area contributed by atoms with Crippen LogP contribution in [0.2, 0.25) is 10.0 Å². The van der Waals surface area contributed by atoms with Crippen LogP contribution in [0.15, 0.2) is 77.1 Å². The number of rotatable bonds is 3. The van der Waals surface area contributed by atoms with Gasteiger partial charge in [0.1, 0.15) is 23.1 Å². The van der Waals surface area contributed by atoms with Gasteiger partial charge in [-0.05, 0) is 35.9 Å². The zero-order valence-corrected chi connectivity index (χ0v) is 17.0. The number of nitriles is 1. The van der Waals surface area contributed by atoms with Crippen molar-refractivity contribution in [1.82, 2.24) is 0 Å². The van der Waals surface area contributed by atoms with Gasteiger partial charge in [0.25, 0.3) is 0 Å². The molecule has 0 fully saturated rings. The highest BCUT2D eigenvalue weighted by Crippen LogP contribution is 2.44. The van der Waals surface area contributed by atoms with Crippen LogP contribution in [0.1, 0.15) is 22.6 Å². The number of hydrogen-bond acceptors (Lipinski definition) is 5.